The van der Waals surface area contributed by atoms with Crippen LogP contribution >= 0.6 is 0 Å². The molecule has 0 spiro atoms. The molecule has 0 radical (unpaired) electrons. The largest absolute Gasteiger partial charge is 0.366 e. The number of benzene rings is 2. The first-order valence-electron chi connectivity index (χ1n) is 13.5. The maximum atomic E-state index is 13.4. The number of hydrogen-bond acceptors (Lipinski definition) is 8. The summed E-state index contributed by atoms with van der Waals surface area (Å²) < 4.78 is 0. The van der Waals surface area contributed by atoms with Crippen LogP contribution in [0.3, 0.4) is 0 Å². The van der Waals surface area contributed by atoms with Crippen LogP contribution in [0.15, 0.2) is 67.0 Å². The zero-order valence-electron chi connectivity index (χ0n) is 22.5. The molecule has 3 heterocycles. The average molecular weight is 558 g/mol. The number of pyridine rings is 1. The summed E-state index contributed by atoms with van der Waals surface area (Å²) in [6.45, 7) is 4.82. The van der Waals surface area contributed by atoms with E-state index in [9.17, 15) is 24.5 Å². The van der Waals surface area contributed by atoms with E-state index in [0.29, 0.717) is 56.1 Å². The molecule has 2 saturated heterocycles. The summed E-state index contributed by atoms with van der Waals surface area (Å²) in [6.07, 6.45) is 4.03. The minimum Gasteiger partial charge on any atom is -0.366 e. The smallest absolute Gasteiger partial charge is 0.269 e. The summed E-state index contributed by atoms with van der Waals surface area (Å²) in [6, 6.07) is 14.1. The number of rotatable bonds is 6. The van der Waals surface area contributed by atoms with Crippen molar-refractivity contribution in [3.05, 3.63) is 93.8 Å². The highest BCUT2D eigenvalue weighted by molar-refractivity contribution is 6.07. The monoisotopic (exact) mass is 557 g/mol. The van der Waals surface area contributed by atoms with Crippen LogP contribution in [-0.2, 0) is 0 Å². The fourth-order valence-corrected chi connectivity index (χ4v) is 5.03. The number of nitrogens with zero attached hydrogens (tertiary/aromatic N) is 5. The number of nitro groups is 1. The van der Waals surface area contributed by atoms with E-state index in [2.05, 4.69) is 20.5 Å². The molecule has 12 heteroatoms. The summed E-state index contributed by atoms with van der Waals surface area (Å²) in [5.74, 6) is -0.648. The second-order valence-electron chi connectivity index (χ2n) is 9.91. The van der Waals surface area contributed by atoms with Gasteiger partial charge in [-0.05, 0) is 55.4 Å². The van der Waals surface area contributed by atoms with Gasteiger partial charge in [0.05, 0.1) is 21.9 Å². The van der Waals surface area contributed by atoms with E-state index in [0.717, 1.165) is 25.2 Å². The van der Waals surface area contributed by atoms with E-state index in [-0.39, 0.29) is 23.1 Å². The topological polar surface area (TPSA) is 141 Å². The molecule has 0 bridgehead atoms. The van der Waals surface area contributed by atoms with Crippen molar-refractivity contribution in [2.45, 2.75) is 6.42 Å². The highest BCUT2D eigenvalue weighted by Crippen LogP contribution is 2.30. The van der Waals surface area contributed by atoms with Gasteiger partial charge in [-0.3, -0.25) is 29.5 Å². The number of non-ortho nitro benzene ring substituents is 1. The van der Waals surface area contributed by atoms with E-state index >= 15 is 0 Å². The van der Waals surface area contributed by atoms with Crippen LogP contribution in [0.25, 0.3) is 0 Å². The molecule has 0 unspecified atom stereocenters. The van der Waals surface area contributed by atoms with Crippen LogP contribution in [0.5, 0.6) is 0 Å². The van der Waals surface area contributed by atoms with Gasteiger partial charge in [-0.15, -0.1) is 0 Å². The number of nitrogens with one attached hydrogen (secondary N) is 2. The van der Waals surface area contributed by atoms with Gasteiger partial charge in [0, 0.05) is 81.5 Å². The molecule has 0 saturated carbocycles. The lowest BCUT2D eigenvalue weighted by Gasteiger charge is -2.37. The Labute approximate surface area is 237 Å². The maximum Gasteiger partial charge on any atom is 0.269 e. The third-order valence-electron chi connectivity index (χ3n) is 7.28. The van der Waals surface area contributed by atoms with Gasteiger partial charge in [-0.2, -0.15) is 0 Å². The van der Waals surface area contributed by atoms with Crippen molar-refractivity contribution in [2.24, 2.45) is 0 Å². The van der Waals surface area contributed by atoms with Gasteiger partial charge < -0.3 is 25.3 Å². The second-order valence-corrected chi connectivity index (χ2v) is 9.91. The molecule has 1 aromatic heterocycles. The molecule has 212 valence electrons. The highest BCUT2D eigenvalue weighted by Gasteiger charge is 2.26. The Kier molecular flexibility index (Phi) is 8.49. The van der Waals surface area contributed by atoms with Crippen LogP contribution in [0.1, 0.15) is 37.5 Å². The lowest BCUT2D eigenvalue weighted by molar-refractivity contribution is -0.384. The first-order valence-corrected chi connectivity index (χ1v) is 13.5. The molecule has 2 N–H and O–H groups in total. The molecule has 5 rings (SSSR count). The summed E-state index contributed by atoms with van der Waals surface area (Å²) in [5, 5.41) is 17.2. The van der Waals surface area contributed by atoms with Crippen LogP contribution in [-0.4, -0.2) is 89.8 Å². The molecular weight excluding hydrogens is 526 g/mol. The van der Waals surface area contributed by atoms with E-state index < -0.39 is 10.8 Å². The van der Waals surface area contributed by atoms with Gasteiger partial charge in [0.1, 0.15) is 0 Å². The normalized spacial score (nSPS) is 15.7. The quantitative estimate of drug-likeness (QED) is 0.348. The van der Waals surface area contributed by atoms with Crippen molar-refractivity contribution >= 4 is 34.8 Å². The molecule has 41 heavy (non-hydrogen) atoms. The standard InChI is InChI=1S/C29H31N7O5/c37-27(21-4-7-24(8-5-21)36(40)41)32-25-19-22(28(38)34-13-2-11-30-12-14-34)6-9-26(25)33-15-17-35(18-16-33)29(39)23-3-1-10-31-20-23/h1,3-10,19-20,30H,2,11-18H2,(H,32,37). The number of piperazine rings is 1. The van der Waals surface area contributed by atoms with Gasteiger partial charge in [0.25, 0.3) is 23.4 Å². The van der Waals surface area contributed by atoms with Gasteiger partial charge >= 0.3 is 0 Å². The molecule has 0 aliphatic carbocycles. The highest BCUT2D eigenvalue weighted by atomic mass is 16.6. The second kappa shape index (κ2) is 12.6. The fraction of sp³-hybridized carbons (Fsp3) is 0.310. The Morgan fingerprint density at radius 2 is 1.54 bits per heavy atom. The Balaban J connectivity index is 1.37. The Hall–Kier alpha value is -4.84. The van der Waals surface area contributed by atoms with Crippen molar-refractivity contribution in [2.75, 3.05) is 62.6 Å². The lowest BCUT2D eigenvalue weighted by atomic mass is 10.1. The average Bonchev–Trinajstić information content (AvgIpc) is 3.31. The van der Waals surface area contributed by atoms with Crippen molar-refractivity contribution in [3.63, 3.8) is 0 Å². The number of amides is 3. The molecule has 3 aromatic rings. The van der Waals surface area contributed by atoms with Crippen molar-refractivity contribution in [1.82, 2.24) is 20.1 Å². The van der Waals surface area contributed by atoms with Crippen LogP contribution in [0, 0.1) is 10.1 Å². The van der Waals surface area contributed by atoms with E-state index in [4.69, 9.17) is 0 Å². The predicted octanol–water partition coefficient (Wildman–Crippen LogP) is 2.64. The van der Waals surface area contributed by atoms with Crippen molar-refractivity contribution < 1.29 is 19.3 Å². The summed E-state index contributed by atoms with van der Waals surface area (Å²) in [5.41, 5.74) is 2.31. The van der Waals surface area contributed by atoms with E-state index in [1.54, 1.807) is 46.5 Å². The maximum absolute atomic E-state index is 13.4. The first-order chi connectivity index (χ1) is 19.9. The molecular formula is C29H31N7O5. The Bertz CT molecular complexity index is 1420. The third kappa shape index (κ3) is 6.49. The van der Waals surface area contributed by atoms with Gasteiger partial charge in [0.2, 0.25) is 0 Å². The number of hydrogen-bond donors (Lipinski definition) is 2. The Morgan fingerprint density at radius 3 is 2.24 bits per heavy atom. The number of anilines is 2. The minimum absolute atomic E-state index is 0.0858. The zero-order valence-corrected chi connectivity index (χ0v) is 22.5. The molecule has 0 atom stereocenters. The van der Waals surface area contributed by atoms with E-state index in [1.807, 2.05) is 6.07 Å². The molecule has 12 nitrogen and oxygen atoms in total. The molecule has 2 aromatic carbocycles. The van der Waals surface area contributed by atoms with Crippen molar-refractivity contribution in [3.8, 4) is 0 Å². The summed E-state index contributed by atoms with van der Waals surface area (Å²) in [7, 11) is 0. The van der Waals surface area contributed by atoms with Gasteiger partial charge in [0.15, 0.2) is 0 Å². The number of carbonyl (C=O) groups excluding carboxylic acids is 3. The number of aromatic nitrogens is 1. The summed E-state index contributed by atoms with van der Waals surface area (Å²) in [4.78, 5) is 59.6. The third-order valence-corrected chi connectivity index (χ3v) is 7.28. The SMILES string of the molecule is O=C(Nc1cc(C(=O)N2CCCNCC2)ccc1N1CCN(C(=O)c2cccnc2)CC1)c1ccc([N+](=O)[O-])cc1. The van der Waals surface area contributed by atoms with Gasteiger partial charge in [-0.1, -0.05) is 0 Å². The zero-order chi connectivity index (χ0) is 28.8. The van der Waals surface area contributed by atoms with Crippen molar-refractivity contribution in [1.29, 1.82) is 0 Å². The van der Waals surface area contributed by atoms with Crippen LogP contribution < -0.4 is 15.5 Å². The minimum atomic E-state index is -0.522. The molecule has 3 amide bonds. The predicted molar refractivity (Wildman–Crippen MR) is 153 cm³/mol. The Morgan fingerprint density at radius 1 is 0.829 bits per heavy atom. The number of carbonyl (C=O) groups is 3. The van der Waals surface area contributed by atoms with E-state index in [1.165, 1.54) is 24.3 Å². The molecule has 2 aliphatic rings. The van der Waals surface area contributed by atoms with Crippen LogP contribution in [0.4, 0.5) is 17.1 Å². The summed E-state index contributed by atoms with van der Waals surface area (Å²) >= 11 is 0. The number of nitro benzene ring substituents is 1. The fourth-order valence-electron chi connectivity index (χ4n) is 5.03. The van der Waals surface area contributed by atoms with Crippen LogP contribution in [0.2, 0.25) is 0 Å². The molecule has 2 aliphatic heterocycles. The lowest BCUT2D eigenvalue weighted by Crippen LogP contribution is -2.49. The van der Waals surface area contributed by atoms with Gasteiger partial charge in [-0.25, -0.2) is 0 Å². The molecule has 2 fully saturated rings. The first kappa shape index (κ1) is 27.7.